The third-order valence-electron chi connectivity index (χ3n) is 2.16. The van der Waals surface area contributed by atoms with Crippen molar-refractivity contribution in [1.29, 1.82) is 0 Å². The Labute approximate surface area is 109 Å². The van der Waals surface area contributed by atoms with Gasteiger partial charge in [-0.2, -0.15) is 0 Å². The molecule has 0 bridgehead atoms. The summed E-state index contributed by atoms with van der Waals surface area (Å²) in [5, 5.41) is 6.09. The van der Waals surface area contributed by atoms with E-state index < -0.39 is 0 Å². The Morgan fingerprint density at radius 1 is 1.00 bits per heavy atom. The van der Waals surface area contributed by atoms with Gasteiger partial charge in [-0.3, -0.25) is 9.59 Å². The number of carbonyl (C=O) groups is 2. The van der Waals surface area contributed by atoms with Gasteiger partial charge in [-0.25, -0.2) is 0 Å². The molecule has 0 spiro atoms. The van der Waals surface area contributed by atoms with Crippen molar-refractivity contribution >= 4 is 33.8 Å². The fraction of sp³-hybridized carbons (Fsp3) is 0.0769. The first-order valence-corrected chi connectivity index (χ1v) is 6.20. The minimum Gasteiger partial charge on any atom is -0.321 e. The van der Waals surface area contributed by atoms with Gasteiger partial charge >= 0.3 is 0 Å². The molecule has 92 valence electrons. The summed E-state index contributed by atoms with van der Waals surface area (Å²) in [6.07, 6.45) is 0. The first-order chi connectivity index (χ1) is 8.65. The van der Waals surface area contributed by atoms with Gasteiger partial charge in [0.25, 0.3) is 5.91 Å². The molecule has 2 amide bonds. The second-order valence-corrected chi connectivity index (χ2v) is 4.75. The molecule has 1 aromatic heterocycles. The van der Waals surface area contributed by atoms with Crippen molar-refractivity contribution in [2.75, 3.05) is 10.6 Å². The Bertz CT molecular complexity index is 563. The Morgan fingerprint density at radius 3 is 2.39 bits per heavy atom. The van der Waals surface area contributed by atoms with Gasteiger partial charge in [0.2, 0.25) is 5.91 Å². The van der Waals surface area contributed by atoms with Gasteiger partial charge in [-0.05, 0) is 24.3 Å². The van der Waals surface area contributed by atoms with Gasteiger partial charge in [0, 0.05) is 12.6 Å². The highest BCUT2D eigenvalue weighted by molar-refractivity contribution is 7.18. The summed E-state index contributed by atoms with van der Waals surface area (Å²) in [4.78, 5) is 23.3. The summed E-state index contributed by atoms with van der Waals surface area (Å²) in [6, 6.07) is 12.6. The van der Waals surface area contributed by atoms with Gasteiger partial charge in [-0.1, -0.05) is 18.2 Å². The van der Waals surface area contributed by atoms with E-state index >= 15 is 0 Å². The maximum absolute atomic E-state index is 11.9. The molecule has 1 heterocycles. The molecule has 18 heavy (non-hydrogen) atoms. The molecule has 2 aromatic rings. The Hall–Kier alpha value is -2.14. The van der Waals surface area contributed by atoms with Gasteiger partial charge < -0.3 is 10.6 Å². The summed E-state index contributed by atoms with van der Waals surface area (Å²) < 4.78 is 0. The largest absolute Gasteiger partial charge is 0.321 e. The number of thiophene rings is 1. The zero-order chi connectivity index (χ0) is 13.0. The summed E-state index contributed by atoms with van der Waals surface area (Å²) in [7, 11) is 0. The zero-order valence-corrected chi connectivity index (χ0v) is 10.6. The van der Waals surface area contributed by atoms with Crippen LogP contribution in [0.4, 0.5) is 10.7 Å². The van der Waals surface area contributed by atoms with Crippen LogP contribution in [0.3, 0.4) is 0 Å². The Morgan fingerprint density at radius 2 is 1.72 bits per heavy atom. The minimum atomic E-state index is -0.178. The molecule has 0 aliphatic rings. The summed E-state index contributed by atoms with van der Waals surface area (Å²) in [6.45, 7) is 1.43. The number of hydrogen-bond donors (Lipinski definition) is 2. The molecule has 0 unspecified atom stereocenters. The standard InChI is InChI=1S/C13H12N2O2S/c1-9(16)14-12-8-7-11(18-12)13(17)15-10-5-3-2-4-6-10/h2-8H,1H3,(H,14,16)(H,15,17). The van der Waals surface area contributed by atoms with Gasteiger partial charge in [0.15, 0.2) is 0 Å². The predicted molar refractivity (Wildman–Crippen MR) is 73.0 cm³/mol. The van der Waals surface area contributed by atoms with Crippen molar-refractivity contribution in [2.45, 2.75) is 6.92 Å². The SMILES string of the molecule is CC(=O)Nc1ccc(C(=O)Nc2ccccc2)s1. The second kappa shape index (κ2) is 5.46. The van der Waals surface area contributed by atoms with E-state index in [9.17, 15) is 9.59 Å². The van der Waals surface area contributed by atoms with Crippen LogP contribution in [-0.4, -0.2) is 11.8 Å². The van der Waals surface area contributed by atoms with Crippen molar-refractivity contribution in [2.24, 2.45) is 0 Å². The van der Waals surface area contributed by atoms with E-state index in [1.54, 1.807) is 12.1 Å². The van der Waals surface area contributed by atoms with E-state index in [0.717, 1.165) is 5.69 Å². The van der Waals surface area contributed by atoms with Gasteiger partial charge in [0.1, 0.15) is 0 Å². The molecule has 0 aliphatic heterocycles. The number of rotatable bonds is 3. The lowest BCUT2D eigenvalue weighted by Gasteiger charge is -2.02. The van der Waals surface area contributed by atoms with E-state index in [4.69, 9.17) is 0 Å². The van der Waals surface area contributed by atoms with Crippen molar-refractivity contribution in [3.8, 4) is 0 Å². The van der Waals surface area contributed by atoms with Crippen LogP contribution in [0.1, 0.15) is 16.6 Å². The van der Waals surface area contributed by atoms with Gasteiger partial charge in [-0.15, -0.1) is 11.3 Å². The van der Waals surface area contributed by atoms with Crippen molar-refractivity contribution < 1.29 is 9.59 Å². The third kappa shape index (κ3) is 3.18. The second-order valence-electron chi connectivity index (χ2n) is 3.67. The van der Waals surface area contributed by atoms with E-state index in [2.05, 4.69) is 10.6 Å². The van der Waals surface area contributed by atoms with Gasteiger partial charge in [0.05, 0.1) is 9.88 Å². The van der Waals surface area contributed by atoms with Crippen LogP contribution in [0.25, 0.3) is 0 Å². The Balaban J connectivity index is 2.05. The van der Waals surface area contributed by atoms with Crippen LogP contribution in [0.2, 0.25) is 0 Å². The van der Waals surface area contributed by atoms with E-state index in [1.165, 1.54) is 18.3 Å². The molecular formula is C13H12N2O2S. The molecule has 2 N–H and O–H groups in total. The highest BCUT2D eigenvalue weighted by Gasteiger charge is 2.09. The number of amides is 2. The number of para-hydroxylation sites is 1. The number of anilines is 2. The van der Waals surface area contributed by atoms with Crippen molar-refractivity contribution in [3.05, 3.63) is 47.3 Å². The fourth-order valence-electron chi connectivity index (χ4n) is 1.41. The van der Waals surface area contributed by atoms with Crippen LogP contribution in [0, 0.1) is 0 Å². The minimum absolute atomic E-state index is 0.146. The molecule has 1 aromatic carbocycles. The quantitative estimate of drug-likeness (QED) is 0.891. The maximum atomic E-state index is 11.9. The summed E-state index contributed by atoms with van der Waals surface area (Å²) in [5.41, 5.74) is 0.747. The molecule has 2 rings (SSSR count). The van der Waals surface area contributed by atoms with Crippen molar-refractivity contribution in [3.63, 3.8) is 0 Å². The molecule has 4 nitrogen and oxygen atoms in total. The molecule has 0 radical (unpaired) electrons. The first-order valence-electron chi connectivity index (χ1n) is 5.39. The predicted octanol–water partition coefficient (Wildman–Crippen LogP) is 2.96. The average Bonchev–Trinajstić information content (AvgIpc) is 2.78. The fourth-order valence-corrected chi connectivity index (χ4v) is 2.26. The molecule has 0 saturated carbocycles. The van der Waals surface area contributed by atoms with Crippen LogP contribution >= 0.6 is 11.3 Å². The molecule has 0 atom stereocenters. The summed E-state index contributed by atoms with van der Waals surface area (Å²) >= 11 is 1.24. The lowest BCUT2D eigenvalue weighted by Crippen LogP contribution is -2.09. The van der Waals surface area contributed by atoms with Crippen LogP contribution in [0.15, 0.2) is 42.5 Å². The maximum Gasteiger partial charge on any atom is 0.265 e. The Kier molecular flexibility index (Phi) is 3.74. The van der Waals surface area contributed by atoms with E-state index in [-0.39, 0.29) is 11.8 Å². The average molecular weight is 260 g/mol. The topological polar surface area (TPSA) is 58.2 Å². The van der Waals surface area contributed by atoms with E-state index in [1.807, 2.05) is 30.3 Å². The summed E-state index contributed by atoms with van der Waals surface area (Å²) in [5.74, 6) is -0.324. The molecule has 0 fully saturated rings. The molecule has 5 heteroatoms. The molecule has 0 saturated heterocycles. The highest BCUT2D eigenvalue weighted by atomic mass is 32.1. The number of carbonyl (C=O) groups excluding carboxylic acids is 2. The first kappa shape index (κ1) is 12.3. The number of hydrogen-bond acceptors (Lipinski definition) is 3. The van der Waals surface area contributed by atoms with Crippen LogP contribution in [-0.2, 0) is 4.79 Å². The van der Waals surface area contributed by atoms with Crippen LogP contribution in [0.5, 0.6) is 0 Å². The molecular weight excluding hydrogens is 248 g/mol. The van der Waals surface area contributed by atoms with Crippen LogP contribution < -0.4 is 10.6 Å². The zero-order valence-electron chi connectivity index (χ0n) is 9.77. The molecule has 0 aliphatic carbocycles. The van der Waals surface area contributed by atoms with E-state index in [0.29, 0.717) is 9.88 Å². The third-order valence-corrected chi connectivity index (χ3v) is 3.16. The highest BCUT2D eigenvalue weighted by Crippen LogP contribution is 2.22. The lowest BCUT2D eigenvalue weighted by molar-refractivity contribution is -0.114. The monoisotopic (exact) mass is 260 g/mol. The normalized spacial score (nSPS) is 9.83. The number of nitrogens with one attached hydrogen (secondary N) is 2. The number of benzene rings is 1. The van der Waals surface area contributed by atoms with Crippen molar-refractivity contribution in [1.82, 2.24) is 0 Å². The lowest BCUT2D eigenvalue weighted by atomic mass is 10.3. The smallest absolute Gasteiger partial charge is 0.265 e.